The maximum atomic E-state index is 9.57. The van der Waals surface area contributed by atoms with Gasteiger partial charge in [-0.05, 0) is 0 Å². The van der Waals surface area contributed by atoms with Gasteiger partial charge in [-0.1, -0.05) is 26.7 Å². The van der Waals surface area contributed by atoms with Crippen molar-refractivity contribution in [1.29, 1.82) is 0 Å². The highest BCUT2D eigenvalue weighted by Crippen LogP contribution is 2.12. The Labute approximate surface area is 72.3 Å². The molecular formula is C6H14O5P+. The van der Waals surface area contributed by atoms with Crippen LogP contribution in [-0.2, 0) is 13.9 Å². The first-order valence-electron chi connectivity index (χ1n) is 3.55. The van der Waals surface area contributed by atoms with Crippen LogP contribution in [0, 0.1) is 0 Å². The van der Waals surface area contributed by atoms with Crippen LogP contribution in [0.2, 0.25) is 0 Å². The van der Waals surface area contributed by atoms with E-state index in [4.69, 9.17) is 10.00 Å². The van der Waals surface area contributed by atoms with Crippen molar-refractivity contribution in [2.45, 2.75) is 26.7 Å². The zero-order valence-electron chi connectivity index (χ0n) is 7.19. The van der Waals surface area contributed by atoms with Gasteiger partial charge in [0.05, 0.1) is 0 Å². The molecule has 12 heavy (non-hydrogen) atoms. The molecule has 0 rings (SSSR count). The molecular weight excluding hydrogens is 183 g/mol. The molecule has 0 aliphatic rings. The molecule has 0 aromatic carbocycles. The van der Waals surface area contributed by atoms with E-state index in [2.05, 4.69) is 18.4 Å². The number of carbonyl (C=O) groups is 1. The van der Waals surface area contributed by atoms with Gasteiger partial charge in [-0.25, -0.2) is 4.79 Å². The first-order chi connectivity index (χ1) is 5.54. The lowest BCUT2D eigenvalue weighted by molar-refractivity contribution is -0.139. The van der Waals surface area contributed by atoms with Gasteiger partial charge in [0.15, 0.2) is 0 Å². The lowest BCUT2D eigenvalue weighted by atomic mass is 10.4. The summed E-state index contributed by atoms with van der Waals surface area (Å²) in [5, 5.41) is 7.80. The van der Waals surface area contributed by atoms with Gasteiger partial charge >= 0.3 is 14.2 Å². The second-order valence-corrected chi connectivity index (χ2v) is 2.64. The minimum Gasteiger partial charge on any atom is -0.479 e. The molecule has 1 atom stereocenters. The lowest BCUT2D eigenvalue weighted by Crippen LogP contribution is -2.01. The van der Waals surface area contributed by atoms with Crippen molar-refractivity contribution in [3.8, 4) is 0 Å². The fourth-order valence-corrected chi connectivity index (χ4v) is 0.331. The lowest BCUT2D eigenvalue weighted by Gasteiger charge is -1.77. The number of rotatable bonds is 4. The first-order valence-corrected chi connectivity index (χ1v) is 4.68. The third-order valence-electron chi connectivity index (χ3n) is 0.798. The monoisotopic (exact) mass is 197 g/mol. The Hall–Kier alpha value is -0.510. The predicted molar refractivity (Wildman–Crippen MR) is 44.0 cm³/mol. The highest BCUT2D eigenvalue weighted by molar-refractivity contribution is 7.32. The van der Waals surface area contributed by atoms with Crippen LogP contribution in [0.4, 0.5) is 0 Å². The van der Waals surface area contributed by atoms with Gasteiger partial charge in [-0.3, -0.25) is 0 Å². The van der Waals surface area contributed by atoms with E-state index >= 15 is 0 Å². The van der Waals surface area contributed by atoms with Crippen molar-refractivity contribution in [3.63, 3.8) is 0 Å². The van der Waals surface area contributed by atoms with E-state index in [-0.39, 0.29) is 0 Å². The molecule has 1 unspecified atom stereocenters. The van der Waals surface area contributed by atoms with Crippen LogP contribution in [0.5, 0.6) is 0 Å². The minimum atomic E-state index is -2.76. The predicted octanol–water partition coefficient (Wildman–Crippen LogP) is 1.54. The van der Waals surface area contributed by atoms with Crippen molar-refractivity contribution in [3.05, 3.63) is 0 Å². The van der Waals surface area contributed by atoms with Crippen LogP contribution < -0.4 is 0 Å². The summed E-state index contributed by atoms with van der Waals surface area (Å²) < 4.78 is 13.3. The highest BCUT2D eigenvalue weighted by Gasteiger charge is 2.13. The number of hydrogen-bond acceptors (Lipinski definition) is 3. The van der Waals surface area contributed by atoms with Crippen LogP contribution >= 0.6 is 8.25 Å². The van der Waals surface area contributed by atoms with Crippen molar-refractivity contribution in [1.82, 2.24) is 0 Å². The van der Waals surface area contributed by atoms with E-state index < -0.39 is 20.8 Å². The fourth-order valence-electron chi connectivity index (χ4n) is 0.110. The molecule has 0 aliphatic carbocycles. The van der Waals surface area contributed by atoms with E-state index in [1.807, 2.05) is 0 Å². The van der Waals surface area contributed by atoms with Gasteiger partial charge in [0.25, 0.3) is 0 Å². The molecule has 0 saturated heterocycles. The van der Waals surface area contributed by atoms with E-state index in [0.29, 0.717) is 0 Å². The Balaban J connectivity index is 0. The summed E-state index contributed by atoms with van der Waals surface area (Å²) in [5.41, 5.74) is 0. The highest BCUT2D eigenvalue weighted by atomic mass is 31.1. The summed E-state index contributed by atoms with van der Waals surface area (Å²) >= 11 is 0. The summed E-state index contributed by atoms with van der Waals surface area (Å²) in [7, 11) is -2.76. The Morgan fingerprint density at radius 3 is 1.92 bits per heavy atom. The van der Waals surface area contributed by atoms with E-state index in [9.17, 15) is 9.36 Å². The average Bonchev–Trinajstić information content (AvgIpc) is 2.01. The van der Waals surface area contributed by atoms with Gasteiger partial charge in [-0.2, -0.15) is 0 Å². The molecule has 0 aliphatic heterocycles. The molecule has 0 heterocycles. The summed E-state index contributed by atoms with van der Waals surface area (Å²) in [4.78, 5) is 17.4. The third kappa shape index (κ3) is 22.7. The normalized spacial score (nSPS) is 9.75. The summed E-state index contributed by atoms with van der Waals surface area (Å²) in [6.45, 7) is 3.63. The SMILES string of the molecule is CCCC.O=C(O)CO[P+](=O)O. The van der Waals surface area contributed by atoms with Gasteiger partial charge in [-0.15, -0.1) is 9.42 Å². The number of aliphatic carboxylic acids is 1. The minimum absolute atomic E-state index is 0.730. The Morgan fingerprint density at radius 1 is 1.42 bits per heavy atom. The Bertz CT molecular complexity index is 120. The quantitative estimate of drug-likeness (QED) is 0.668. The van der Waals surface area contributed by atoms with Gasteiger partial charge < -0.3 is 5.11 Å². The molecule has 72 valence electrons. The molecule has 0 bridgehead atoms. The maximum absolute atomic E-state index is 9.57. The summed E-state index contributed by atoms with van der Waals surface area (Å²) in [5.74, 6) is -1.26. The summed E-state index contributed by atoms with van der Waals surface area (Å²) in [6.07, 6.45) is 2.64. The van der Waals surface area contributed by atoms with Crippen LogP contribution in [0.3, 0.4) is 0 Å². The molecule has 5 nitrogen and oxygen atoms in total. The molecule has 0 spiro atoms. The molecule has 0 aromatic heterocycles. The average molecular weight is 197 g/mol. The van der Waals surface area contributed by atoms with Crippen LogP contribution in [0.15, 0.2) is 0 Å². The maximum Gasteiger partial charge on any atom is 0.695 e. The zero-order valence-corrected chi connectivity index (χ0v) is 8.08. The number of carboxylic acids is 1. The van der Waals surface area contributed by atoms with E-state index in [1.54, 1.807) is 0 Å². The largest absolute Gasteiger partial charge is 0.695 e. The van der Waals surface area contributed by atoms with Gasteiger partial charge in [0.2, 0.25) is 6.61 Å². The van der Waals surface area contributed by atoms with E-state index in [0.717, 1.165) is 0 Å². The van der Waals surface area contributed by atoms with E-state index in [1.165, 1.54) is 12.8 Å². The van der Waals surface area contributed by atoms with Crippen molar-refractivity contribution >= 4 is 14.2 Å². The second kappa shape index (κ2) is 10.5. The second-order valence-electron chi connectivity index (χ2n) is 1.91. The van der Waals surface area contributed by atoms with Crippen molar-refractivity contribution < 1.29 is 23.9 Å². The van der Waals surface area contributed by atoms with Gasteiger partial charge in [0, 0.05) is 4.57 Å². The molecule has 0 fully saturated rings. The van der Waals surface area contributed by atoms with Crippen molar-refractivity contribution in [2.75, 3.05) is 6.61 Å². The Morgan fingerprint density at radius 2 is 1.83 bits per heavy atom. The zero-order chi connectivity index (χ0) is 9.98. The molecule has 2 N–H and O–H groups in total. The molecule has 0 radical (unpaired) electrons. The number of hydrogen-bond donors (Lipinski definition) is 2. The van der Waals surface area contributed by atoms with Crippen molar-refractivity contribution in [2.24, 2.45) is 0 Å². The molecule has 0 amide bonds. The topological polar surface area (TPSA) is 83.8 Å². The number of carboxylic acid groups (broad SMARTS) is 1. The van der Waals surface area contributed by atoms with Crippen LogP contribution in [-0.4, -0.2) is 22.6 Å². The fraction of sp³-hybridized carbons (Fsp3) is 0.833. The van der Waals surface area contributed by atoms with Crippen LogP contribution in [0.1, 0.15) is 26.7 Å². The summed E-state index contributed by atoms with van der Waals surface area (Å²) in [6, 6.07) is 0. The first kappa shape index (κ1) is 14.0. The number of unbranched alkanes of at least 4 members (excludes halogenated alkanes) is 1. The Kier molecular flexibility index (Phi) is 12.3. The molecule has 6 heteroatoms. The standard InChI is InChI=1S/C4H10.C2H3O5P/c1-3-4-2;3-2(4)1-7-8(5)6/h3-4H2,1-2H3;1H2,(H-,3,4,5,6)/p+1. The molecule has 0 aromatic rings. The van der Waals surface area contributed by atoms with Crippen LogP contribution in [0.25, 0.3) is 0 Å². The smallest absolute Gasteiger partial charge is 0.479 e. The van der Waals surface area contributed by atoms with Gasteiger partial charge in [0.1, 0.15) is 0 Å². The third-order valence-corrected chi connectivity index (χ3v) is 1.15. The molecule has 0 saturated carbocycles.